The Kier molecular flexibility index (Phi) is 3.22. The van der Waals surface area contributed by atoms with Gasteiger partial charge in [-0.3, -0.25) is 0 Å². The molecular formula is C21H22O2. The van der Waals surface area contributed by atoms with Crippen LogP contribution in [0.5, 0.6) is 0 Å². The third-order valence-electron chi connectivity index (χ3n) is 5.62. The highest BCUT2D eigenvalue weighted by molar-refractivity contribution is 5.79. The number of allylic oxidation sites excluding steroid dienone is 1. The Hall–Kier alpha value is -1.90. The summed E-state index contributed by atoms with van der Waals surface area (Å²) in [4.78, 5) is 0. The van der Waals surface area contributed by atoms with Crippen LogP contribution < -0.4 is 0 Å². The van der Waals surface area contributed by atoms with Gasteiger partial charge in [-0.25, -0.2) is 0 Å². The van der Waals surface area contributed by atoms with Crippen molar-refractivity contribution in [3.05, 3.63) is 76.4 Å². The molecule has 0 bridgehead atoms. The van der Waals surface area contributed by atoms with E-state index in [9.17, 15) is 10.2 Å². The normalized spacial score (nSPS) is 28.6. The van der Waals surface area contributed by atoms with Crippen molar-refractivity contribution in [3.8, 4) is 0 Å². The fraction of sp³-hybridized carbons (Fsp3) is 0.333. The Morgan fingerprint density at radius 3 is 2.09 bits per heavy atom. The first-order chi connectivity index (χ1) is 11.1. The van der Waals surface area contributed by atoms with Gasteiger partial charge in [-0.2, -0.15) is 0 Å². The highest BCUT2D eigenvalue weighted by Gasteiger charge is 2.56. The van der Waals surface area contributed by atoms with Crippen molar-refractivity contribution in [3.63, 3.8) is 0 Å². The average Bonchev–Trinajstić information content (AvgIpc) is 2.78. The lowest BCUT2D eigenvalue weighted by Gasteiger charge is -2.43. The molecule has 0 saturated carbocycles. The smallest absolute Gasteiger partial charge is 0.0918 e. The molecule has 0 saturated heterocycles. The van der Waals surface area contributed by atoms with Crippen molar-refractivity contribution < 1.29 is 10.2 Å². The number of benzene rings is 2. The standard InChI is InChI=1S/C21H22O2/c1-13(2)18-15-8-4-3-7-14(15)11-12-21(18)19(22)16-9-5-6-10-17(16)20(21)23/h3-10,19-20,22-23H,11-12H2,1-2H3. The molecule has 118 valence electrons. The van der Waals surface area contributed by atoms with E-state index in [-0.39, 0.29) is 0 Å². The van der Waals surface area contributed by atoms with E-state index in [0.717, 1.165) is 29.5 Å². The second-order valence-electron chi connectivity index (χ2n) is 7.01. The van der Waals surface area contributed by atoms with E-state index < -0.39 is 17.6 Å². The average molecular weight is 306 g/mol. The van der Waals surface area contributed by atoms with Crippen molar-refractivity contribution in [2.75, 3.05) is 0 Å². The number of aliphatic hydroxyl groups excluding tert-OH is 2. The van der Waals surface area contributed by atoms with Crippen LogP contribution in [0.1, 0.15) is 54.7 Å². The van der Waals surface area contributed by atoms with E-state index in [4.69, 9.17) is 0 Å². The van der Waals surface area contributed by atoms with E-state index in [0.29, 0.717) is 0 Å². The number of aliphatic hydroxyl groups is 2. The van der Waals surface area contributed by atoms with Crippen molar-refractivity contribution >= 4 is 5.57 Å². The highest BCUT2D eigenvalue weighted by Crippen LogP contribution is 2.64. The summed E-state index contributed by atoms with van der Waals surface area (Å²) in [5, 5.41) is 22.4. The maximum atomic E-state index is 11.2. The SMILES string of the molecule is CC(C)=C1c2ccccc2CCC12C(O)c1ccccc1C2O. The molecule has 0 fully saturated rings. The Morgan fingerprint density at radius 2 is 1.48 bits per heavy atom. The molecule has 2 heteroatoms. The molecule has 2 N–H and O–H groups in total. The predicted octanol–water partition coefficient (Wildman–Crippen LogP) is 4.19. The Labute approximate surface area is 137 Å². The minimum atomic E-state index is -0.660. The van der Waals surface area contributed by atoms with Crippen molar-refractivity contribution in [2.45, 2.75) is 38.9 Å². The molecule has 0 amide bonds. The molecule has 23 heavy (non-hydrogen) atoms. The summed E-state index contributed by atoms with van der Waals surface area (Å²) in [5.74, 6) is 0. The lowest BCUT2D eigenvalue weighted by Crippen LogP contribution is -2.35. The summed E-state index contributed by atoms with van der Waals surface area (Å²) in [5.41, 5.74) is 5.90. The van der Waals surface area contributed by atoms with E-state index in [1.165, 1.54) is 16.7 Å². The minimum Gasteiger partial charge on any atom is -0.387 e. The van der Waals surface area contributed by atoms with Gasteiger partial charge < -0.3 is 10.2 Å². The largest absolute Gasteiger partial charge is 0.387 e. The zero-order valence-electron chi connectivity index (χ0n) is 13.6. The molecule has 2 unspecified atom stereocenters. The van der Waals surface area contributed by atoms with Crippen LogP contribution in [0.3, 0.4) is 0 Å². The topological polar surface area (TPSA) is 40.5 Å². The second kappa shape index (κ2) is 5.05. The van der Waals surface area contributed by atoms with Gasteiger partial charge in [0.05, 0.1) is 17.6 Å². The van der Waals surface area contributed by atoms with Gasteiger partial charge in [0.15, 0.2) is 0 Å². The number of hydrogen-bond acceptors (Lipinski definition) is 2. The molecule has 0 aromatic heterocycles. The fourth-order valence-corrected chi connectivity index (χ4v) is 4.69. The van der Waals surface area contributed by atoms with Gasteiger partial charge in [-0.1, -0.05) is 54.1 Å². The number of hydrogen-bond donors (Lipinski definition) is 2. The van der Waals surface area contributed by atoms with Crippen LogP contribution in [0.4, 0.5) is 0 Å². The fourth-order valence-electron chi connectivity index (χ4n) is 4.69. The van der Waals surface area contributed by atoms with Crippen LogP contribution in [0.2, 0.25) is 0 Å². The zero-order chi connectivity index (χ0) is 16.2. The van der Waals surface area contributed by atoms with Crippen molar-refractivity contribution in [1.29, 1.82) is 0 Å². The quantitative estimate of drug-likeness (QED) is 0.766. The zero-order valence-corrected chi connectivity index (χ0v) is 13.6. The molecule has 2 aliphatic rings. The van der Waals surface area contributed by atoms with Gasteiger partial charge in [0.1, 0.15) is 0 Å². The molecule has 2 atom stereocenters. The molecule has 2 aromatic carbocycles. The summed E-state index contributed by atoms with van der Waals surface area (Å²) < 4.78 is 0. The molecule has 2 aromatic rings. The van der Waals surface area contributed by atoms with Gasteiger partial charge >= 0.3 is 0 Å². The third kappa shape index (κ3) is 1.82. The minimum absolute atomic E-state index is 0.628. The molecule has 2 aliphatic carbocycles. The Balaban J connectivity index is 1.98. The molecule has 0 heterocycles. The van der Waals surface area contributed by atoms with E-state index in [2.05, 4.69) is 32.0 Å². The molecular weight excluding hydrogens is 284 g/mol. The summed E-state index contributed by atoms with van der Waals surface area (Å²) in [6.07, 6.45) is 0.329. The van der Waals surface area contributed by atoms with Gasteiger partial charge in [-0.05, 0) is 54.5 Å². The maximum absolute atomic E-state index is 11.2. The van der Waals surface area contributed by atoms with Crippen LogP contribution in [0.15, 0.2) is 54.1 Å². The number of fused-ring (bicyclic) bond motifs is 2. The summed E-state index contributed by atoms with van der Waals surface area (Å²) in [6.45, 7) is 4.17. The first-order valence-electron chi connectivity index (χ1n) is 8.28. The molecule has 2 nitrogen and oxygen atoms in total. The van der Waals surface area contributed by atoms with Gasteiger partial charge in [0.2, 0.25) is 0 Å². The van der Waals surface area contributed by atoms with Crippen LogP contribution in [0, 0.1) is 5.41 Å². The molecule has 0 aliphatic heterocycles. The summed E-state index contributed by atoms with van der Waals surface area (Å²) >= 11 is 0. The predicted molar refractivity (Wildman–Crippen MR) is 91.8 cm³/mol. The second-order valence-corrected chi connectivity index (χ2v) is 7.01. The number of aryl methyl sites for hydroxylation is 1. The van der Waals surface area contributed by atoms with Crippen LogP contribution >= 0.6 is 0 Å². The first kappa shape index (κ1) is 14.7. The third-order valence-corrected chi connectivity index (χ3v) is 5.62. The van der Waals surface area contributed by atoms with Crippen molar-refractivity contribution in [2.24, 2.45) is 5.41 Å². The van der Waals surface area contributed by atoms with Crippen LogP contribution in [0.25, 0.3) is 5.57 Å². The maximum Gasteiger partial charge on any atom is 0.0918 e. The molecule has 4 rings (SSSR count). The Morgan fingerprint density at radius 1 is 0.913 bits per heavy atom. The lowest BCUT2D eigenvalue weighted by atomic mass is 9.62. The van der Waals surface area contributed by atoms with Crippen LogP contribution in [-0.2, 0) is 6.42 Å². The van der Waals surface area contributed by atoms with E-state index in [1.807, 2.05) is 30.3 Å². The van der Waals surface area contributed by atoms with Gasteiger partial charge in [-0.15, -0.1) is 0 Å². The monoisotopic (exact) mass is 306 g/mol. The van der Waals surface area contributed by atoms with Gasteiger partial charge in [0, 0.05) is 0 Å². The Bertz CT molecular complexity index is 770. The highest BCUT2D eigenvalue weighted by atomic mass is 16.3. The molecule has 0 radical (unpaired) electrons. The summed E-state index contributed by atoms with van der Waals surface area (Å²) in [6, 6.07) is 16.2. The van der Waals surface area contributed by atoms with Crippen molar-refractivity contribution in [1.82, 2.24) is 0 Å². The number of rotatable bonds is 0. The van der Waals surface area contributed by atoms with E-state index in [1.54, 1.807) is 0 Å². The molecule has 1 spiro atoms. The first-order valence-corrected chi connectivity index (χ1v) is 8.28. The summed E-state index contributed by atoms with van der Waals surface area (Å²) in [7, 11) is 0. The van der Waals surface area contributed by atoms with E-state index >= 15 is 0 Å². The van der Waals surface area contributed by atoms with Gasteiger partial charge in [0.25, 0.3) is 0 Å². The van der Waals surface area contributed by atoms with Crippen LogP contribution in [-0.4, -0.2) is 10.2 Å². The lowest BCUT2D eigenvalue weighted by molar-refractivity contribution is -0.0197.